The Morgan fingerprint density at radius 1 is 1.00 bits per heavy atom. The largest absolute Gasteiger partial charge is 0.497 e. The maximum atomic E-state index is 5.22. The number of para-hydroxylation sites is 1. The molecule has 0 aliphatic rings. The molecule has 2 heterocycles. The zero-order valence-electron chi connectivity index (χ0n) is 15.1. The number of nitrogens with zero attached hydrogens (tertiary/aromatic N) is 3. The SMILES string of the molecule is COc1ccc([C@H](C)Nc2nc(Nc3ccn[nH]3)c3ccccc3n2)cc1. The molecule has 2 aromatic heterocycles. The average molecular weight is 360 g/mol. The van der Waals surface area contributed by atoms with Gasteiger partial charge in [0.25, 0.3) is 0 Å². The smallest absolute Gasteiger partial charge is 0.225 e. The Balaban J connectivity index is 1.64. The van der Waals surface area contributed by atoms with Crippen molar-refractivity contribution in [3.8, 4) is 5.75 Å². The summed E-state index contributed by atoms with van der Waals surface area (Å²) in [5, 5.41) is 14.4. The van der Waals surface area contributed by atoms with Gasteiger partial charge < -0.3 is 15.4 Å². The molecule has 0 spiro atoms. The Hall–Kier alpha value is -3.61. The fraction of sp³-hybridized carbons (Fsp3) is 0.150. The van der Waals surface area contributed by atoms with E-state index in [-0.39, 0.29) is 6.04 Å². The van der Waals surface area contributed by atoms with Crippen LogP contribution in [0, 0.1) is 0 Å². The molecule has 0 radical (unpaired) electrons. The first kappa shape index (κ1) is 16.8. The molecule has 0 saturated heterocycles. The minimum absolute atomic E-state index is 0.0390. The predicted octanol–water partition coefficient (Wildman–Crippen LogP) is 4.28. The van der Waals surface area contributed by atoms with Gasteiger partial charge in [0.15, 0.2) is 0 Å². The van der Waals surface area contributed by atoms with Crippen LogP contribution < -0.4 is 15.4 Å². The van der Waals surface area contributed by atoms with Gasteiger partial charge in [-0.1, -0.05) is 24.3 Å². The third-order valence-electron chi connectivity index (χ3n) is 4.32. The second kappa shape index (κ2) is 7.33. The van der Waals surface area contributed by atoms with Crippen molar-refractivity contribution in [3.05, 3.63) is 66.4 Å². The number of nitrogens with one attached hydrogen (secondary N) is 3. The second-order valence-electron chi connectivity index (χ2n) is 6.15. The molecule has 1 atom stereocenters. The van der Waals surface area contributed by atoms with Crippen molar-refractivity contribution in [2.75, 3.05) is 17.7 Å². The van der Waals surface area contributed by atoms with Gasteiger partial charge in [-0.05, 0) is 36.8 Å². The van der Waals surface area contributed by atoms with Crippen LogP contribution in [0.25, 0.3) is 10.9 Å². The van der Waals surface area contributed by atoms with Crippen molar-refractivity contribution in [1.82, 2.24) is 20.2 Å². The highest BCUT2D eigenvalue weighted by Crippen LogP contribution is 2.26. The molecule has 7 heteroatoms. The summed E-state index contributed by atoms with van der Waals surface area (Å²) in [4.78, 5) is 9.32. The molecular formula is C20H20N6O. The number of anilines is 3. The van der Waals surface area contributed by atoms with Gasteiger partial charge in [0.2, 0.25) is 5.95 Å². The first-order valence-electron chi connectivity index (χ1n) is 8.66. The molecule has 0 bridgehead atoms. The monoisotopic (exact) mass is 360 g/mol. The van der Waals surface area contributed by atoms with E-state index >= 15 is 0 Å². The first-order chi connectivity index (χ1) is 13.2. The Labute approximate surface area is 156 Å². The summed E-state index contributed by atoms with van der Waals surface area (Å²) >= 11 is 0. The molecule has 0 unspecified atom stereocenters. The minimum atomic E-state index is 0.0390. The van der Waals surface area contributed by atoms with Gasteiger partial charge in [-0.15, -0.1) is 0 Å². The van der Waals surface area contributed by atoms with Gasteiger partial charge in [0.1, 0.15) is 17.4 Å². The summed E-state index contributed by atoms with van der Waals surface area (Å²) in [7, 11) is 1.66. The molecule has 0 saturated carbocycles. The zero-order chi connectivity index (χ0) is 18.6. The molecule has 2 aromatic carbocycles. The summed E-state index contributed by atoms with van der Waals surface area (Å²) in [6.07, 6.45) is 1.69. The molecule has 3 N–H and O–H groups in total. The van der Waals surface area contributed by atoms with E-state index in [1.54, 1.807) is 13.3 Å². The normalized spacial score (nSPS) is 11.9. The van der Waals surface area contributed by atoms with Crippen molar-refractivity contribution < 1.29 is 4.74 Å². The molecule has 27 heavy (non-hydrogen) atoms. The van der Waals surface area contributed by atoms with E-state index in [9.17, 15) is 0 Å². The summed E-state index contributed by atoms with van der Waals surface area (Å²) in [6, 6.07) is 17.7. The lowest BCUT2D eigenvalue weighted by atomic mass is 10.1. The summed E-state index contributed by atoms with van der Waals surface area (Å²) in [5.74, 6) is 2.88. The number of aromatic nitrogens is 4. The number of methoxy groups -OCH3 is 1. The number of aromatic amines is 1. The Morgan fingerprint density at radius 3 is 2.56 bits per heavy atom. The lowest BCUT2D eigenvalue weighted by Crippen LogP contribution is -2.10. The molecule has 7 nitrogen and oxygen atoms in total. The highest BCUT2D eigenvalue weighted by Gasteiger charge is 2.12. The van der Waals surface area contributed by atoms with E-state index in [0.29, 0.717) is 11.8 Å². The topological polar surface area (TPSA) is 87.8 Å². The molecular weight excluding hydrogens is 340 g/mol. The van der Waals surface area contributed by atoms with Gasteiger partial charge in [-0.25, -0.2) is 4.98 Å². The summed E-state index contributed by atoms with van der Waals surface area (Å²) in [6.45, 7) is 2.07. The van der Waals surface area contributed by atoms with Crippen LogP contribution in [-0.2, 0) is 0 Å². The zero-order valence-corrected chi connectivity index (χ0v) is 15.1. The highest BCUT2D eigenvalue weighted by molar-refractivity contribution is 5.91. The van der Waals surface area contributed by atoms with E-state index in [1.807, 2.05) is 54.6 Å². The van der Waals surface area contributed by atoms with Crippen LogP contribution in [0.4, 0.5) is 17.6 Å². The summed E-state index contributed by atoms with van der Waals surface area (Å²) in [5.41, 5.74) is 1.98. The van der Waals surface area contributed by atoms with Gasteiger partial charge >= 0.3 is 0 Å². The third-order valence-corrected chi connectivity index (χ3v) is 4.32. The van der Waals surface area contributed by atoms with Crippen molar-refractivity contribution in [2.45, 2.75) is 13.0 Å². The average Bonchev–Trinajstić information content (AvgIpc) is 3.21. The van der Waals surface area contributed by atoms with Crippen molar-refractivity contribution in [3.63, 3.8) is 0 Å². The molecule has 4 aromatic rings. The standard InChI is InChI=1S/C20H20N6O/c1-13(14-7-9-15(27-2)10-8-14)22-20-23-17-6-4-3-5-16(17)19(25-20)24-18-11-12-21-26-18/h3-13H,1-2H3,(H3,21,22,23,24,25,26)/t13-/m0/s1. The van der Waals surface area contributed by atoms with E-state index in [0.717, 1.165) is 28.0 Å². The van der Waals surface area contributed by atoms with Crippen LogP contribution in [0.5, 0.6) is 5.75 Å². The van der Waals surface area contributed by atoms with Crippen LogP contribution >= 0.6 is 0 Å². The minimum Gasteiger partial charge on any atom is -0.497 e. The van der Waals surface area contributed by atoms with Crippen LogP contribution in [0.15, 0.2) is 60.8 Å². The molecule has 0 amide bonds. The predicted molar refractivity (Wildman–Crippen MR) is 106 cm³/mol. The van der Waals surface area contributed by atoms with Crippen molar-refractivity contribution in [1.29, 1.82) is 0 Å². The number of fused-ring (bicyclic) bond motifs is 1. The third kappa shape index (κ3) is 3.67. The summed E-state index contributed by atoms with van der Waals surface area (Å²) < 4.78 is 5.22. The number of rotatable bonds is 6. The fourth-order valence-corrected chi connectivity index (χ4v) is 2.86. The Kier molecular flexibility index (Phi) is 4.57. The lowest BCUT2D eigenvalue weighted by molar-refractivity contribution is 0.414. The van der Waals surface area contributed by atoms with Gasteiger partial charge in [0.05, 0.1) is 24.9 Å². The molecule has 0 aliphatic heterocycles. The number of ether oxygens (including phenoxy) is 1. The van der Waals surface area contributed by atoms with E-state index in [1.165, 1.54) is 0 Å². The van der Waals surface area contributed by atoms with Crippen LogP contribution in [0.2, 0.25) is 0 Å². The number of hydrogen-bond acceptors (Lipinski definition) is 6. The van der Waals surface area contributed by atoms with Gasteiger partial charge in [0, 0.05) is 11.5 Å². The highest BCUT2D eigenvalue weighted by atomic mass is 16.5. The quantitative estimate of drug-likeness (QED) is 0.476. The van der Waals surface area contributed by atoms with Crippen LogP contribution in [0.3, 0.4) is 0 Å². The maximum absolute atomic E-state index is 5.22. The first-order valence-corrected chi connectivity index (χ1v) is 8.66. The number of benzene rings is 2. The van der Waals surface area contributed by atoms with E-state index in [4.69, 9.17) is 4.74 Å². The van der Waals surface area contributed by atoms with E-state index < -0.39 is 0 Å². The number of hydrogen-bond donors (Lipinski definition) is 3. The van der Waals surface area contributed by atoms with Crippen molar-refractivity contribution >= 4 is 28.5 Å². The van der Waals surface area contributed by atoms with Crippen LogP contribution in [0.1, 0.15) is 18.5 Å². The lowest BCUT2D eigenvalue weighted by Gasteiger charge is -2.16. The molecule has 136 valence electrons. The second-order valence-corrected chi connectivity index (χ2v) is 6.15. The Bertz CT molecular complexity index is 1030. The van der Waals surface area contributed by atoms with Gasteiger partial charge in [-0.2, -0.15) is 10.1 Å². The van der Waals surface area contributed by atoms with Crippen molar-refractivity contribution in [2.24, 2.45) is 0 Å². The van der Waals surface area contributed by atoms with E-state index in [2.05, 4.69) is 37.7 Å². The fourth-order valence-electron chi connectivity index (χ4n) is 2.86. The van der Waals surface area contributed by atoms with Gasteiger partial charge in [-0.3, -0.25) is 5.10 Å². The maximum Gasteiger partial charge on any atom is 0.225 e. The van der Waals surface area contributed by atoms with Crippen LogP contribution in [-0.4, -0.2) is 27.3 Å². The number of H-pyrrole nitrogens is 1. The molecule has 4 rings (SSSR count). The molecule has 0 fully saturated rings. The molecule has 0 aliphatic carbocycles. The Morgan fingerprint density at radius 2 is 1.81 bits per heavy atom.